The first-order valence-electron chi connectivity index (χ1n) is 8.99. The molecule has 0 fully saturated rings. The van der Waals surface area contributed by atoms with Gasteiger partial charge in [-0.1, -0.05) is 18.7 Å². The summed E-state index contributed by atoms with van der Waals surface area (Å²) in [5.41, 5.74) is 1.41. The maximum absolute atomic E-state index is 12.1. The number of carbonyl (C=O) groups is 1. The summed E-state index contributed by atoms with van der Waals surface area (Å²) < 4.78 is 11.0. The van der Waals surface area contributed by atoms with Gasteiger partial charge in [0.25, 0.3) is 11.1 Å². The summed E-state index contributed by atoms with van der Waals surface area (Å²) in [4.78, 5) is 14.6. The van der Waals surface area contributed by atoms with Crippen molar-refractivity contribution in [3.8, 4) is 10.8 Å². The number of furan rings is 1. The minimum atomic E-state index is -0.175. The molecular weight excluding hydrogens is 382 g/mol. The van der Waals surface area contributed by atoms with Gasteiger partial charge in [-0.2, -0.15) is 0 Å². The summed E-state index contributed by atoms with van der Waals surface area (Å²) in [7, 11) is 0. The molecule has 8 heteroatoms. The largest absolute Gasteiger partial charge is 0.467 e. The Morgan fingerprint density at radius 3 is 3.19 bits per heavy atom. The van der Waals surface area contributed by atoms with E-state index in [0.29, 0.717) is 11.1 Å². The molecule has 1 amide bonds. The lowest BCUT2D eigenvalue weighted by atomic mass is 9.90. The molecule has 1 aliphatic rings. The van der Waals surface area contributed by atoms with Crippen LogP contribution >= 0.6 is 23.1 Å². The first-order valence-corrected chi connectivity index (χ1v) is 10.8. The van der Waals surface area contributed by atoms with Crippen molar-refractivity contribution in [2.45, 2.75) is 44.4 Å². The maximum atomic E-state index is 12.1. The Morgan fingerprint density at radius 1 is 1.48 bits per heavy atom. The normalized spacial score (nSPS) is 17.5. The Kier molecular flexibility index (Phi) is 5.36. The monoisotopic (exact) mass is 403 g/mol. The number of aromatic nitrogens is 2. The van der Waals surface area contributed by atoms with E-state index in [4.69, 9.17) is 8.83 Å². The lowest BCUT2D eigenvalue weighted by Crippen LogP contribution is -2.27. The van der Waals surface area contributed by atoms with Crippen LogP contribution in [0.25, 0.3) is 10.8 Å². The molecule has 3 heterocycles. The quantitative estimate of drug-likeness (QED) is 0.611. The smallest absolute Gasteiger partial charge is 0.277 e. The van der Waals surface area contributed by atoms with E-state index in [0.717, 1.165) is 29.4 Å². The highest BCUT2D eigenvalue weighted by Crippen LogP contribution is 2.37. The molecule has 0 saturated carbocycles. The fourth-order valence-corrected chi connectivity index (χ4v) is 4.90. The lowest BCUT2D eigenvalue weighted by molar-refractivity contribution is -0.119. The van der Waals surface area contributed by atoms with Gasteiger partial charge in [-0.25, -0.2) is 0 Å². The van der Waals surface area contributed by atoms with E-state index in [1.807, 2.05) is 13.0 Å². The Labute approximate surface area is 165 Å². The summed E-state index contributed by atoms with van der Waals surface area (Å²) in [5.74, 6) is 2.10. The fraction of sp³-hybridized carbons (Fsp3) is 0.421. The molecule has 3 aromatic heterocycles. The summed E-state index contributed by atoms with van der Waals surface area (Å²) >= 11 is 2.98. The van der Waals surface area contributed by atoms with Crippen LogP contribution in [0.5, 0.6) is 0 Å². The lowest BCUT2D eigenvalue weighted by Gasteiger charge is -2.16. The van der Waals surface area contributed by atoms with Crippen LogP contribution in [0.4, 0.5) is 0 Å². The zero-order valence-corrected chi connectivity index (χ0v) is 16.9. The van der Waals surface area contributed by atoms with Crippen molar-refractivity contribution in [1.29, 1.82) is 0 Å². The van der Waals surface area contributed by atoms with Crippen molar-refractivity contribution in [2.75, 3.05) is 5.75 Å². The van der Waals surface area contributed by atoms with E-state index in [1.165, 1.54) is 28.6 Å². The third kappa shape index (κ3) is 4.27. The van der Waals surface area contributed by atoms with Gasteiger partial charge in [-0.3, -0.25) is 4.79 Å². The molecule has 0 bridgehead atoms. The van der Waals surface area contributed by atoms with Gasteiger partial charge in [0, 0.05) is 4.88 Å². The van der Waals surface area contributed by atoms with Gasteiger partial charge in [0.15, 0.2) is 0 Å². The molecule has 27 heavy (non-hydrogen) atoms. The SMILES string of the molecule is C[C@@H]1CCc2sc(-c3nnc(SCC(=O)N[C@@H](C)c4ccco4)o3)cc2C1. The van der Waals surface area contributed by atoms with E-state index in [2.05, 4.69) is 28.5 Å². The second-order valence-corrected chi connectivity index (χ2v) is 8.94. The second-order valence-electron chi connectivity index (χ2n) is 6.87. The number of aryl methyl sites for hydroxylation is 1. The van der Waals surface area contributed by atoms with Crippen molar-refractivity contribution in [1.82, 2.24) is 15.5 Å². The highest BCUT2D eigenvalue weighted by atomic mass is 32.2. The molecule has 0 spiro atoms. The van der Waals surface area contributed by atoms with E-state index in [-0.39, 0.29) is 17.7 Å². The van der Waals surface area contributed by atoms with E-state index in [9.17, 15) is 4.79 Å². The van der Waals surface area contributed by atoms with Crippen LogP contribution in [0.2, 0.25) is 0 Å². The van der Waals surface area contributed by atoms with Crippen molar-refractivity contribution >= 4 is 29.0 Å². The number of hydrogen-bond donors (Lipinski definition) is 1. The molecule has 0 unspecified atom stereocenters. The molecule has 0 radical (unpaired) electrons. The molecule has 2 atom stereocenters. The average molecular weight is 404 g/mol. The summed E-state index contributed by atoms with van der Waals surface area (Å²) in [6.45, 7) is 4.17. The molecule has 0 aromatic carbocycles. The van der Waals surface area contributed by atoms with Gasteiger partial charge in [0.2, 0.25) is 5.91 Å². The highest BCUT2D eigenvalue weighted by Gasteiger charge is 2.21. The van der Waals surface area contributed by atoms with Gasteiger partial charge >= 0.3 is 0 Å². The standard InChI is InChI=1S/C19H21N3O3S2/c1-11-5-6-15-13(8-11)9-16(27-15)18-21-22-19(25-18)26-10-17(23)20-12(2)14-4-3-7-24-14/h3-4,7,9,11-12H,5-6,8,10H2,1-2H3,(H,20,23)/t11-,12+/m1/s1. The van der Waals surface area contributed by atoms with E-state index in [1.54, 1.807) is 23.7 Å². The first-order chi connectivity index (χ1) is 13.1. The van der Waals surface area contributed by atoms with Crippen LogP contribution < -0.4 is 5.32 Å². The molecule has 1 N–H and O–H groups in total. The minimum absolute atomic E-state index is 0.107. The fourth-order valence-electron chi connectivity index (χ4n) is 3.20. The van der Waals surface area contributed by atoms with Crippen LogP contribution in [-0.2, 0) is 17.6 Å². The van der Waals surface area contributed by atoms with Crippen molar-refractivity contribution in [3.63, 3.8) is 0 Å². The molecule has 0 aliphatic heterocycles. The third-order valence-corrected chi connectivity index (χ3v) is 6.66. The number of thiophene rings is 1. The molecule has 142 valence electrons. The average Bonchev–Trinajstić information content (AvgIpc) is 3.38. The van der Waals surface area contributed by atoms with Crippen LogP contribution in [-0.4, -0.2) is 21.9 Å². The topological polar surface area (TPSA) is 81.2 Å². The number of hydrogen-bond acceptors (Lipinski definition) is 7. The van der Waals surface area contributed by atoms with Crippen LogP contribution in [0, 0.1) is 5.92 Å². The highest BCUT2D eigenvalue weighted by molar-refractivity contribution is 7.99. The molecule has 0 saturated heterocycles. The van der Waals surface area contributed by atoms with E-state index < -0.39 is 0 Å². The third-order valence-electron chi connectivity index (χ3n) is 4.62. The summed E-state index contributed by atoms with van der Waals surface area (Å²) in [5, 5.41) is 11.5. The van der Waals surface area contributed by atoms with Crippen LogP contribution in [0.3, 0.4) is 0 Å². The zero-order valence-electron chi connectivity index (χ0n) is 15.2. The Balaban J connectivity index is 1.34. The summed E-state index contributed by atoms with van der Waals surface area (Å²) in [6.07, 6.45) is 5.08. The van der Waals surface area contributed by atoms with Crippen molar-refractivity contribution < 1.29 is 13.6 Å². The number of thioether (sulfide) groups is 1. The molecular formula is C19H21N3O3S2. The van der Waals surface area contributed by atoms with Gasteiger partial charge in [-0.05, 0) is 55.9 Å². The zero-order chi connectivity index (χ0) is 18.8. The number of nitrogens with zero attached hydrogens (tertiary/aromatic N) is 2. The number of carbonyl (C=O) groups excluding carboxylic acids is 1. The van der Waals surface area contributed by atoms with Gasteiger partial charge in [-0.15, -0.1) is 21.5 Å². The number of nitrogens with one attached hydrogen (secondary N) is 1. The Bertz CT molecular complexity index is 917. The molecule has 1 aliphatic carbocycles. The van der Waals surface area contributed by atoms with Gasteiger partial charge < -0.3 is 14.2 Å². The van der Waals surface area contributed by atoms with E-state index >= 15 is 0 Å². The summed E-state index contributed by atoms with van der Waals surface area (Å²) in [6, 6.07) is 5.64. The van der Waals surface area contributed by atoms with Crippen molar-refractivity contribution in [2.24, 2.45) is 5.92 Å². The number of amides is 1. The second kappa shape index (κ2) is 7.90. The molecule has 4 rings (SSSR count). The first kappa shape index (κ1) is 18.3. The van der Waals surface area contributed by atoms with Crippen molar-refractivity contribution in [3.05, 3.63) is 40.7 Å². The van der Waals surface area contributed by atoms with Crippen LogP contribution in [0.1, 0.15) is 42.5 Å². The molecule has 3 aromatic rings. The number of rotatable bonds is 6. The number of fused-ring (bicyclic) bond motifs is 1. The van der Waals surface area contributed by atoms with Crippen LogP contribution in [0.15, 0.2) is 38.5 Å². The Hall–Kier alpha value is -2.06. The van der Waals surface area contributed by atoms with Gasteiger partial charge in [0.05, 0.1) is 22.9 Å². The Morgan fingerprint density at radius 2 is 2.37 bits per heavy atom. The predicted molar refractivity (Wildman–Crippen MR) is 105 cm³/mol. The minimum Gasteiger partial charge on any atom is -0.467 e. The predicted octanol–water partition coefficient (Wildman–Crippen LogP) is 4.49. The van der Waals surface area contributed by atoms with Gasteiger partial charge in [0.1, 0.15) is 5.76 Å². The molecule has 6 nitrogen and oxygen atoms in total. The maximum Gasteiger partial charge on any atom is 0.277 e.